The SMILES string of the molecule is CCCCCCC1CCC(CCc2ccc(OC(=O)c3ccc(OCCCC)cc3)cn2)CC1. The molecule has 0 atom stereocenters. The van der Waals surface area contributed by atoms with E-state index in [2.05, 4.69) is 18.8 Å². The number of aryl methyl sites for hydroxylation is 1. The van der Waals surface area contributed by atoms with E-state index in [-0.39, 0.29) is 5.97 Å². The first-order valence-corrected chi connectivity index (χ1v) is 13.6. The Hall–Kier alpha value is -2.36. The number of nitrogens with zero attached hydrogens (tertiary/aromatic N) is 1. The van der Waals surface area contributed by atoms with E-state index in [0.717, 1.165) is 42.5 Å². The summed E-state index contributed by atoms with van der Waals surface area (Å²) in [4.78, 5) is 17.0. The second kappa shape index (κ2) is 14.8. The maximum absolute atomic E-state index is 12.4. The van der Waals surface area contributed by atoms with Crippen LogP contribution in [0.2, 0.25) is 0 Å². The lowest BCUT2D eigenvalue weighted by Crippen LogP contribution is -2.15. The van der Waals surface area contributed by atoms with Gasteiger partial charge in [-0.05, 0) is 67.5 Å². The predicted molar refractivity (Wildman–Crippen MR) is 139 cm³/mol. The van der Waals surface area contributed by atoms with Gasteiger partial charge in [0.2, 0.25) is 0 Å². The lowest BCUT2D eigenvalue weighted by Gasteiger charge is -2.28. The van der Waals surface area contributed by atoms with Gasteiger partial charge in [0.15, 0.2) is 0 Å². The number of ether oxygens (including phenoxy) is 2. The van der Waals surface area contributed by atoms with E-state index in [0.29, 0.717) is 17.9 Å². The van der Waals surface area contributed by atoms with Gasteiger partial charge in [-0.2, -0.15) is 0 Å². The molecular weight excluding hydrogens is 422 g/mol. The van der Waals surface area contributed by atoms with Gasteiger partial charge >= 0.3 is 5.97 Å². The zero-order valence-electron chi connectivity index (χ0n) is 21.3. The van der Waals surface area contributed by atoms with Gasteiger partial charge in [0.25, 0.3) is 0 Å². The molecule has 3 rings (SSSR count). The van der Waals surface area contributed by atoms with Gasteiger partial charge in [-0.3, -0.25) is 4.98 Å². The minimum absolute atomic E-state index is 0.374. The number of hydrogen-bond acceptors (Lipinski definition) is 4. The Morgan fingerprint density at radius 1 is 0.824 bits per heavy atom. The number of aromatic nitrogens is 1. The summed E-state index contributed by atoms with van der Waals surface area (Å²) >= 11 is 0. The molecule has 1 aliphatic carbocycles. The highest BCUT2D eigenvalue weighted by Gasteiger charge is 2.20. The Kier molecular flexibility index (Phi) is 11.4. The summed E-state index contributed by atoms with van der Waals surface area (Å²) < 4.78 is 11.2. The molecule has 4 heteroatoms. The van der Waals surface area contributed by atoms with Crippen molar-refractivity contribution in [3.05, 3.63) is 53.9 Å². The Labute approximate surface area is 206 Å². The summed E-state index contributed by atoms with van der Waals surface area (Å²) in [6.07, 6.45) is 18.5. The van der Waals surface area contributed by atoms with Crippen molar-refractivity contribution in [2.45, 2.75) is 97.3 Å². The summed E-state index contributed by atoms with van der Waals surface area (Å²) in [5.41, 5.74) is 1.59. The Morgan fingerprint density at radius 3 is 2.15 bits per heavy atom. The average Bonchev–Trinajstić information content (AvgIpc) is 2.87. The summed E-state index contributed by atoms with van der Waals surface area (Å²) in [6, 6.07) is 11.0. The molecule has 2 aromatic rings. The quantitative estimate of drug-likeness (QED) is 0.208. The lowest BCUT2D eigenvalue weighted by atomic mass is 9.78. The molecule has 0 radical (unpaired) electrons. The van der Waals surface area contributed by atoms with Crippen LogP contribution in [0, 0.1) is 11.8 Å². The van der Waals surface area contributed by atoms with E-state index >= 15 is 0 Å². The van der Waals surface area contributed by atoms with Crippen molar-refractivity contribution < 1.29 is 14.3 Å². The number of esters is 1. The Morgan fingerprint density at radius 2 is 1.50 bits per heavy atom. The molecule has 0 N–H and O–H groups in total. The maximum Gasteiger partial charge on any atom is 0.343 e. The molecule has 1 heterocycles. The molecule has 0 bridgehead atoms. The Balaban J connectivity index is 1.36. The number of carbonyl (C=O) groups is 1. The lowest BCUT2D eigenvalue weighted by molar-refractivity contribution is 0.0734. The molecule has 34 heavy (non-hydrogen) atoms. The van der Waals surface area contributed by atoms with Crippen LogP contribution in [0.4, 0.5) is 0 Å². The molecule has 186 valence electrons. The highest BCUT2D eigenvalue weighted by molar-refractivity contribution is 5.91. The van der Waals surface area contributed by atoms with E-state index in [1.54, 1.807) is 18.3 Å². The van der Waals surface area contributed by atoms with E-state index < -0.39 is 0 Å². The van der Waals surface area contributed by atoms with Gasteiger partial charge < -0.3 is 9.47 Å². The van der Waals surface area contributed by atoms with Crippen molar-refractivity contribution in [1.82, 2.24) is 4.98 Å². The van der Waals surface area contributed by atoms with Crippen molar-refractivity contribution in [1.29, 1.82) is 0 Å². The molecule has 0 spiro atoms. The first kappa shape index (κ1) is 26.2. The molecule has 0 amide bonds. The number of unbranched alkanes of at least 4 members (excludes halogenated alkanes) is 4. The van der Waals surface area contributed by atoms with Gasteiger partial charge in [-0.15, -0.1) is 0 Å². The minimum atomic E-state index is -0.374. The largest absolute Gasteiger partial charge is 0.494 e. The smallest absolute Gasteiger partial charge is 0.343 e. The predicted octanol–water partition coefficient (Wildman–Crippen LogP) is 8.19. The number of benzene rings is 1. The van der Waals surface area contributed by atoms with Crippen LogP contribution in [0.5, 0.6) is 11.5 Å². The van der Waals surface area contributed by atoms with Gasteiger partial charge in [0.05, 0.1) is 18.4 Å². The van der Waals surface area contributed by atoms with E-state index in [9.17, 15) is 4.79 Å². The van der Waals surface area contributed by atoms with Crippen molar-refractivity contribution in [2.24, 2.45) is 11.8 Å². The van der Waals surface area contributed by atoms with Crippen molar-refractivity contribution in [2.75, 3.05) is 6.61 Å². The van der Waals surface area contributed by atoms with Gasteiger partial charge in [0.1, 0.15) is 11.5 Å². The van der Waals surface area contributed by atoms with Crippen molar-refractivity contribution in [3.63, 3.8) is 0 Å². The van der Waals surface area contributed by atoms with Crippen LogP contribution in [-0.2, 0) is 6.42 Å². The molecule has 4 nitrogen and oxygen atoms in total. The molecule has 0 aliphatic heterocycles. The van der Waals surface area contributed by atoms with Gasteiger partial charge in [-0.1, -0.05) is 78.1 Å². The fraction of sp³-hybridized carbons (Fsp3) is 0.600. The minimum Gasteiger partial charge on any atom is -0.494 e. The molecule has 1 aromatic carbocycles. The third-order valence-corrected chi connectivity index (χ3v) is 7.11. The molecule has 1 fully saturated rings. The fourth-order valence-electron chi connectivity index (χ4n) is 4.83. The van der Waals surface area contributed by atoms with Crippen LogP contribution in [0.1, 0.15) is 107 Å². The first-order chi connectivity index (χ1) is 16.7. The van der Waals surface area contributed by atoms with Crippen LogP contribution < -0.4 is 9.47 Å². The monoisotopic (exact) mass is 465 g/mol. The van der Waals surface area contributed by atoms with Crippen LogP contribution in [0.25, 0.3) is 0 Å². The van der Waals surface area contributed by atoms with Gasteiger partial charge in [0, 0.05) is 5.69 Å². The third kappa shape index (κ3) is 9.12. The summed E-state index contributed by atoms with van der Waals surface area (Å²) in [5.74, 6) is 2.68. The second-order valence-electron chi connectivity index (χ2n) is 9.88. The maximum atomic E-state index is 12.4. The number of rotatable bonds is 14. The second-order valence-corrected chi connectivity index (χ2v) is 9.88. The van der Waals surface area contributed by atoms with Crippen molar-refractivity contribution in [3.8, 4) is 11.5 Å². The summed E-state index contributed by atoms with van der Waals surface area (Å²) in [6.45, 7) is 5.11. The number of carbonyl (C=O) groups excluding carboxylic acids is 1. The summed E-state index contributed by atoms with van der Waals surface area (Å²) in [7, 11) is 0. The number of pyridine rings is 1. The zero-order chi connectivity index (χ0) is 24.0. The summed E-state index contributed by atoms with van der Waals surface area (Å²) in [5, 5.41) is 0. The number of hydrogen-bond donors (Lipinski definition) is 0. The van der Waals surface area contributed by atoms with Crippen LogP contribution in [0.15, 0.2) is 42.6 Å². The van der Waals surface area contributed by atoms with Gasteiger partial charge in [-0.25, -0.2) is 4.79 Å². The fourth-order valence-corrected chi connectivity index (χ4v) is 4.83. The topological polar surface area (TPSA) is 48.4 Å². The molecule has 1 saturated carbocycles. The third-order valence-electron chi connectivity index (χ3n) is 7.11. The van der Waals surface area contributed by atoms with E-state index in [4.69, 9.17) is 9.47 Å². The highest BCUT2D eigenvalue weighted by Crippen LogP contribution is 2.34. The molecule has 1 aromatic heterocycles. The molecular formula is C30H43NO3. The van der Waals surface area contributed by atoms with Crippen molar-refractivity contribution >= 4 is 5.97 Å². The van der Waals surface area contributed by atoms with E-state index in [1.165, 1.54) is 64.2 Å². The molecule has 0 unspecified atom stereocenters. The van der Waals surface area contributed by atoms with Crippen LogP contribution in [0.3, 0.4) is 0 Å². The Bertz CT molecular complexity index is 823. The standard InChI is InChI=1S/C30H43NO3/c1-3-5-7-8-9-24-10-12-25(13-11-24)14-17-27-18-21-29(23-31-27)34-30(32)26-15-19-28(20-16-26)33-22-6-4-2/h15-16,18-21,23-25H,3-14,17,22H2,1-2H3. The average molecular weight is 466 g/mol. The van der Waals surface area contributed by atoms with Crippen LogP contribution in [-0.4, -0.2) is 17.6 Å². The molecule has 0 saturated heterocycles. The normalized spacial score (nSPS) is 17.9. The highest BCUT2D eigenvalue weighted by atomic mass is 16.5. The van der Waals surface area contributed by atoms with Crippen LogP contribution >= 0.6 is 0 Å². The molecule has 1 aliphatic rings. The van der Waals surface area contributed by atoms with E-state index in [1.807, 2.05) is 24.3 Å². The first-order valence-electron chi connectivity index (χ1n) is 13.6. The zero-order valence-corrected chi connectivity index (χ0v) is 21.3.